The number of Topliss-reactive ketones (excluding diaryl/α,β-unsaturated/α-hetero) is 1. The van der Waals surface area contributed by atoms with Gasteiger partial charge in [0.25, 0.3) is 0 Å². The fraction of sp³-hybridized carbons (Fsp3) is 0.136. The van der Waals surface area contributed by atoms with Crippen molar-refractivity contribution in [3.8, 4) is 11.1 Å². The summed E-state index contributed by atoms with van der Waals surface area (Å²) in [5.41, 5.74) is 5.33. The molecule has 140 valence electrons. The predicted molar refractivity (Wildman–Crippen MR) is 111 cm³/mol. The van der Waals surface area contributed by atoms with Crippen molar-refractivity contribution in [2.75, 3.05) is 11.9 Å². The molecule has 1 aliphatic carbocycles. The van der Waals surface area contributed by atoms with E-state index in [0.29, 0.717) is 15.9 Å². The Morgan fingerprint density at radius 2 is 1.68 bits per heavy atom. The van der Waals surface area contributed by atoms with E-state index in [9.17, 15) is 9.59 Å². The van der Waals surface area contributed by atoms with Gasteiger partial charge in [0, 0.05) is 11.5 Å². The van der Waals surface area contributed by atoms with Crippen LogP contribution in [0.3, 0.4) is 0 Å². The first-order chi connectivity index (χ1) is 13.5. The Balaban J connectivity index is 1.51. The van der Waals surface area contributed by atoms with Gasteiger partial charge < -0.3 is 4.74 Å². The number of halogens is 1. The topological polar surface area (TPSA) is 68.3 Å². The summed E-state index contributed by atoms with van der Waals surface area (Å²) < 4.78 is 6.03. The van der Waals surface area contributed by atoms with E-state index in [2.05, 4.69) is 50.5 Å². The lowest BCUT2D eigenvalue weighted by Crippen LogP contribution is -2.19. The maximum atomic E-state index is 12.4. The fourth-order valence-electron chi connectivity index (χ4n) is 3.57. The molecular weight excluding hydrogens is 420 g/mol. The number of fused-ring (bicyclic) bond motifs is 3. The van der Waals surface area contributed by atoms with E-state index in [-0.39, 0.29) is 18.3 Å². The van der Waals surface area contributed by atoms with Crippen LogP contribution < -0.4 is 5.32 Å². The lowest BCUT2D eigenvalue weighted by molar-refractivity contribution is 0.101. The first-order valence-electron chi connectivity index (χ1n) is 8.83. The van der Waals surface area contributed by atoms with Crippen LogP contribution in [0.15, 0.2) is 65.4 Å². The molecule has 0 saturated carbocycles. The van der Waals surface area contributed by atoms with Crippen LogP contribution in [0, 0.1) is 0 Å². The normalized spacial score (nSPS) is 12.2. The van der Waals surface area contributed by atoms with E-state index >= 15 is 0 Å². The van der Waals surface area contributed by atoms with E-state index in [0.717, 1.165) is 11.1 Å². The first-order valence-corrected chi connectivity index (χ1v) is 9.62. The highest BCUT2D eigenvalue weighted by Crippen LogP contribution is 2.44. The van der Waals surface area contributed by atoms with Gasteiger partial charge in [0.15, 0.2) is 5.78 Å². The maximum Gasteiger partial charge on any atom is 0.411 e. The summed E-state index contributed by atoms with van der Waals surface area (Å²) in [4.78, 5) is 28.2. The highest BCUT2D eigenvalue weighted by Gasteiger charge is 2.29. The highest BCUT2D eigenvalue weighted by molar-refractivity contribution is 9.10. The molecule has 1 aromatic heterocycles. The minimum atomic E-state index is -0.617. The minimum Gasteiger partial charge on any atom is -0.448 e. The smallest absolute Gasteiger partial charge is 0.411 e. The van der Waals surface area contributed by atoms with Crippen molar-refractivity contribution in [2.45, 2.75) is 12.8 Å². The third-order valence-corrected chi connectivity index (χ3v) is 5.26. The number of hydrogen-bond donors (Lipinski definition) is 1. The molecule has 6 heteroatoms. The Hall–Kier alpha value is -2.99. The van der Waals surface area contributed by atoms with Crippen LogP contribution >= 0.6 is 15.9 Å². The van der Waals surface area contributed by atoms with Crippen molar-refractivity contribution in [3.63, 3.8) is 0 Å². The number of anilines is 1. The van der Waals surface area contributed by atoms with E-state index in [1.165, 1.54) is 24.2 Å². The molecule has 0 saturated heterocycles. The number of carbonyl (C=O) groups is 2. The van der Waals surface area contributed by atoms with Crippen molar-refractivity contribution < 1.29 is 14.3 Å². The zero-order valence-corrected chi connectivity index (χ0v) is 16.7. The van der Waals surface area contributed by atoms with Gasteiger partial charge in [-0.1, -0.05) is 48.5 Å². The number of pyridine rings is 1. The van der Waals surface area contributed by atoms with Gasteiger partial charge >= 0.3 is 6.09 Å². The molecule has 1 N–H and O–H groups in total. The Morgan fingerprint density at radius 1 is 1.07 bits per heavy atom. The van der Waals surface area contributed by atoms with Gasteiger partial charge in [0.05, 0.1) is 11.9 Å². The van der Waals surface area contributed by atoms with Gasteiger partial charge in [-0.05, 0) is 51.2 Å². The number of amides is 1. The fourth-order valence-corrected chi connectivity index (χ4v) is 3.90. The predicted octanol–water partition coefficient (Wildman–Crippen LogP) is 5.41. The molecule has 5 nitrogen and oxygen atoms in total. The van der Waals surface area contributed by atoms with Gasteiger partial charge in [-0.25, -0.2) is 9.78 Å². The van der Waals surface area contributed by atoms with E-state index in [4.69, 9.17) is 4.74 Å². The summed E-state index contributed by atoms with van der Waals surface area (Å²) in [6, 6.07) is 17.9. The number of aromatic nitrogens is 1. The minimum absolute atomic E-state index is 0.0199. The molecule has 4 rings (SSSR count). The molecule has 1 amide bonds. The van der Waals surface area contributed by atoms with Crippen LogP contribution in [-0.4, -0.2) is 23.5 Å². The maximum absolute atomic E-state index is 12.4. The Bertz CT molecular complexity index is 1040. The van der Waals surface area contributed by atoms with Crippen molar-refractivity contribution >= 4 is 33.5 Å². The Kier molecular flexibility index (Phi) is 4.96. The molecule has 0 spiro atoms. The summed E-state index contributed by atoms with van der Waals surface area (Å²) in [7, 11) is 0. The number of ketones is 1. The van der Waals surface area contributed by atoms with Crippen LogP contribution in [-0.2, 0) is 4.74 Å². The van der Waals surface area contributed by atoms with Gasteiger partial charge in [-0.3, -0.25) is 10.1 Å². The largest absolute Gasteiger partial charge is 0.448 e. The number of nitrogens with one attached hydrogen (secondary N) is 1. The van der Waals surface area contributed by atoms with Crippen LogP contribution in [0.2, 0.25) is 0 Å². The van der Waals surface area contributed by atoms with E-state index < -0.39 is 6.09 Å². The molecule has 1 heterocycles. The number of benzene rings is 2. The molecule has 28 heavy (non-hydrogen) atoms. The Labute approximate surface area is 170 Å². The molecule has 1 aliphatic rings. The van der Waals surface area contributed by atoms with Crippen molar-refractivity contribution in [1.29, 1.82) is 0 Å². The van der Waals surface area contributed by atoms with Crippen LogP contribution in [0.4, 0.5) is 10.5 Å². The number of ether oxygens (including phenoxy) is 1. The molecule has 0 aliphatic heterocycles. The van der Waals surface area contributed by atoms with Crippen LogP contribution in [0.5, 0.6) is 0 Å². The lowest BCUT2D eigenvalue weighted by Gasteiger charge is -2.15. The summed E-state index contributed by atoms with van der Waals surface area (Å²) in [6.07, 6.45) is 0.816. The molecule has 0 bridgehead atoms. The summed E-state index contributed by atoms with van der Waals surface area (Å²) in [5, 5.41) is 2.63. The van der Waals surface area contributed by atoms with Crippen LogP contribution in [0.25, 0.3) is 11.1 Å². The monoisotopic (exact) mass is 436 g/mol. The number of carbonyl (C=O) groups excluding carboxylic acids is 2. The second kappa shape index (κ2) is 7.56. The average molecular weight is 437 g/mol. The second-order valence-corrected chi connectivity index (χ2v) is 7.37. The molecule has 0 atom stereocenters. The third-order valence-electron chi connectivity index (χ3n) is 4.83. The SMILES string of the molecule is CC(=O)c1cc(Br)ncc1NC(=O)OCC1c2ccccc2-c2ccccc21. The van der Waals surface area contributed by atoms with Crippen LogP contribution in [0.1, 0.15) is 34.3 Å². The molecule has 0 fully saturated rings. The zero-order valence-electron chi connectivity index (χ0n) is 15.1. The lowest BCUT2D eigenvalue weighted by atomic mass is 9.98. The van der Waals surface area contributed by atoms with Gasteiger partial charge in [-0.2, -0.15) is 0 Å². The Morgan fingerprint density at radius 3 is 2.29 bits per heavy atom. The number of hydrogen-bond acceptors (Lipinski definition) is 4. The molecule has 2 aromatic carbocycles. The summed E-state index contributed by atoms with van der Waals surface area (Å²) in [5.74, 6) is -0.189. The van der Waals surface area contributed by atoms with Crippen molar-refractivity contribution in [2.24, 2.45) is 0 Å². The third kappa shape index (κ3) is 3.43. The van der Waals surface area contributed by atoms with E-state index in [1.807, 2.05) is 24.3 Å². The van der Waals surface area contributed by atoms with Crippen molar-refractivity contribution in [1.82, 2.24) is 4.98 Å². The summed E-state index contributed by atoms with van der Waals surface area (Å²) in [6.45, 7) is 1.64. The number of nitrogens with zero attached hydrogens (tertiary/aromatic N) is 1. The van der Waals surface area contributed by atoms with Gasteiger partial charge in [0.1, 0.15) is 11.2 Å². The van der Waals surface area contributed by atoms with E-state index in [1.54, 1.807) is 6.07 Å². The van der Waals surface area contributed by atoms with Gasteiger partial charge in [0.2, 0.25) is 0 Å². The first kappa shape index (κ1) is 18.4. The molecule has 3 aromatic rings. The number of rotatable bonds is 4. The van der Waals surface area contributed by atoms with Gasteiger partial charge in [-0.15, -0.1) is 0 Å². The van der Waals surface area contributed by atoms with Crippen molar-refractivity contribution in [3.05, 3.63) is 82.1 Å². The molecule has 0 unspecified atom stereocenters. The average Bonchev–Trinajstić information content (AvgIpc) is 3.01. The highest BCUT2D eigenvalue weighted by atomic mass is 79.9. The second-order valence-electron chi connectivity index (χ2n) is 6.56. The molecular formula is C22H17BrN2O3. The molecule has 0 radical (unpaired) electrons. The standard InChI is InChI=1S/C22H17BrN2O3/c1-13(26)18-10-21(23)24-11-20(18)25-22(27)28-12-19-16-8-4-2-6-14(16)15-7-3-5-9-17(15)19/h2-11,19H,12H2,1H3,(H,25,27). The summed E-state index contributed by atoms with van der Waals surface area (Å²) >= 11 is 3.23. The zero-order chi connectivity index (χ0) is 19.7. The quantitative estimate of drug-likeness (QED) is 0.438.